The molecular weight excluding hydrogens is 438 g/mol. The molecule has 1 atom stereocenters. The van der Waals surface area contributed by atoms with Crippen LogP contribution in [0, 0.1) is 0 Å². The number of para-hydroxylation sites is 1. The van der Waals surface area contributed by atoms with Gasteiger partial charge in [-0.2, -0.15) is 0 Å². The average Bonchev–Trinajstić information content (AvgIpc) is 2.88. The van der Waals surface area contributed by atoms with E-state index in [0.717, 1.165) is 80.1 Å². The van der Waals surface area contributed by atoms with Crippen molar-refractivity contribution in [2.75, 3.05) is 24.1 Å². The first kappa shape index (κ1) is 24.3. The second-order valence-corrected chi connectivity index (χ2v) is 8.78. The summed E-state index contributed by atoms with van der Waals surface area (Å²) >= 11 is 0. The van der Waals surface area contributed by atoms with Crippen molar-refractivity contribution in [3.05, 3.63) is 73.6 Å². The summed E-state index contributed by atoms with van der Waals surface area (Å²) in [5, 5.41) is 3.63. The van der Waals surface area contributed by atoms with Crippen LogP contribution in [0.3, 0.4) is 0 Å². The number of nitrogens with one attached hydrogen (secondary N) is 1. The Bertz CT molecular complexity index is 1120. The molecule has 0 spiro atoms. The molecule has 1 fully saturated rings. The minimum absolute atomic E-state index is 0.0145. The first-order valence-corrected chi connectivity index (χ1v) is 12.3. The summed E-state index contributed by atoms with van der Waals surface area (Å²) in [4.78, 5) is 22.8. The monoisotopic (exact) mass is 471 g/mol. The van der Waals surface area contributed by atoms with E-state index in [1.807, 2.05) is 59.5 Å². The maximum Gasteiger partial charge on any atom is 0.245 e. The number of aromatic nitrogens is 2. The molecule has 3 aromatic rings. The fraction of sp³-hybridized carbons (Fsp3) is 0.321. The smallest absolute Gasteiger partial charge is 0.245 e. The van der Waals surface area contributed by atoms with Crippen molar-refractivity contribution >= 4 is 17.5 Å². The van der Waals surface area contributed by atoms with Gasteiger partial charge in [-0.05, 0) is 61.6 Å². The predicted octanol–water partition coefficient (Wildman–Crippen LogP) is 5.67. The Labute approximate surface area is 207 Å². The predicted molar refractivity (Wildman–Crippen MR) is 140 cm³/mol. The van der Waals surface area contributed by atoms with Gasteiger partial charge in [0.25, 0.3) is 0 Å². The van der Waals surface area contributed by atoms with Crippen molar-refractivity contribution in [1.29, 1.82) is 0 Å². The average molecular weight is 472 g/mol. The third-order valence-electron chi connectivity index (χ3n) is 6.29. The second kappa shape index (κ2) is 12.0. The number of benzene rings is 2. The Balaban J connectivity index is 1.48. The van der Waals surface area contributed by atoms with E-state index in [-0.39, 0.29) is 11.9 Å². The summed E-state index contributed by atoms with van der Waals surface area (Å²) in [6.45, 7) is 5.18. The molecule has 35 heavy (non-hydrogen) atoms. The number of hydrogen-bond acceptors (Lipinski definition) is 6. The molecule has 0 radical (unpaired) electrons. The number of carbonyl (C=O) groups is 1. The molecule has 0 bridgehead atoms. The van der Waals surface area contributed by atoms with Crippen molar-refractivity contribution in [3.8, 4) is 22.6 Å². The largest absolute Gasteiger partial charge is 0.457 e. The molecular formula is C28H33N5O2. The van der Waals surface area contributed by atoms with Crippen LogP contribution in [-0.4, -0.2) is 39.9 Å². The summed E-state index contributed by atoms with van der Waals surface area (Å²) in [7, 11) is 0. The molecule has 2 aromatic carbocycles. The highest BCUT2D eigenvalue weighted by Crippen LogP contribution is 2.33. The van der Waals surface area contributed by atoms with E-state index in [9.17, 15) is 4.79 Å². The zero-order valence-electron chi connectivity index (χ0n) is 20.0. The van der Waals surface area contributed by atoms with E-state index in [2.05, 4.69) is 21.9 Å². The standard InChI is InChI=1S/C28H33N5O2/c1-2-25(34)33-18-8-4-5-10-22(11-9-19-33)32-28-26(27(29)30-20-31-28)21-14-16-24(17-15-21)35-23-12-6-3-7-13-23/h2-3,6-7,12-17,20,22H,1,4-5,8-11,18-19H2,(H3,29,30,31,32). The van der Waals surface area contributed by atoms with Crippen LogP contribution in [0.1, 0.15) is 38.5 Å². The molecule has 3 N–H and O–H groups in total. The van der Waals surface area contributed by atoms with Gasteiger partial charge in [-0.25, -0.2) is 9.97 Å². The van der Waals surface area contributed by atoms with E-state index >= 15 is 0 Å². The Morgan fingerprint density at radius 1 is 0.971 bits per heavy atom. The van der Waals surface area contributed by atoms with Crippen molar-refractivity contribution in [2.24, 2.45) is 0 Å². The van der Waals surface area contributed by atoms with Gasteiger partial charge in [0.2, 0.25) is 5.91 Å². The third-order valence-corrected chi connectivity index (χ3v) is 6.29. The Hall–Kier alpha value is -3.87. The van der Waals surface area contributed by atoms with Gasteiger partial charge in [0.05, 0.1) is 5.56 Å². The Morgan fingerprint density at radius 2 is 1.69 bits per heavy atom. The van der Waals surface area contributed by atoms with Crippen LogP contribution in [-0.2, 0) is 4.79 Å². The number of anilines is 2. The lowest BCUT2D eigenvalue weighted by Gasteiger charge is -2.26. The van der Waals surface area contributed by atoms with E-state index in [4.69, 9.17) is 10.5 Å². The summed E-state index contributed by atoms with van der Waals surface area (Å²) in [6.07, 6.45) is 8.99. The quantitative estimate of drug-likeness (QED) is 0.450. The minimum Gasteiger partial charge on any atom is -0.457 e. The molecule has 2 heterocycles. The number of amides is 1. The SMILES string of the molecule is C=CC(=O)N1CCCCCC(Nc2ncnc(N)c2-c2ccc(Oc3ccccc3)cc2)CCC1. The second-order valence-electron chi connectivity index (χ2n) is 8.78. The van der Waals surface area contributed by atoms with Crippen molar-refractivity contribution < 1.29 is 9.53 Å². The zero-order chi connectivity index (χ0) is 24.5. The van der Waals surface area contributed by atoms with Crippen LogP contribution in [0.25, 0.3) is 11.1 Å². The fourth-order valence-electron chi connectivity index (χ4n) is 4.45. The highest BCUT2D eigenvalue weighted by Gasteiger charge is 2.18. The molecule has 1 unspecified atom stereocenters. The number of nitrogens with two attached hydrogens (primary N) is 1. The summed E-state index contributed by atoms with van der Waals surface area (Å²) in [6, 6.07) is 17.7. The van der Waals surface area contributed by atoms with Crippen LogP contribution in [0.15, 0.2) is 73.6 Å². The van der Waals surface area contributed by atoms with E-state index in [1.54, 1.807) is 0 Å². The van der Waals surface area contributed by atoms with Gasteiger partial charge in [0, 0.05) is 19.1 Å². The molecule has 0 saturated carbocycles. The van der Waals surface area contributed by atoms with Gasteiger partial charge < -0.3 is 20.7 Å². The molecule has 1 aliphatic heterocycles. The van der Waals surface area contributed by atoms with Gasteiger partial charge in [-0.1, -0.05) is 49.8 Å². The maximum atomic E-state index is 12.1. The molecule has 4 rings (SSSR count). The molecule has 1 saturated heterocycles. The third kappa shape index (κ3) is 6.59. The van der Waals surface area contributed by atoms with Crippen LogP contribution in [0.5, 0.6) is 11.5 Å². The van der Waals surface area contributed by atoms with Gasteiger partial charge in [-0.3, -0.25) is 4.79 Å². The topological polar surface area (TPSA) is 93.4 Å². The lowest BCUT2D eigenvalue weighted by molar-refractivity contribution is -0.126. The minimum atomic E-state index is 0.0145. The number of rotatable bonds is 6. The van der Waals surface area contributed by atoms with Crippen molar-refractivity contribution in [3.63, 3.8) is 0 Å². The van der Waals surface area contributed by atoms with Gasteiger partial charge in [0.1, 0.15) is 29.5 Å². The van der Waals surface area contributed by atoms with Gasteiger partial charge in [0.15, 0.2) is 0 Å². The van der Waals surface area contributed by atoms with Crippen LogP contribution in [0.2, 0.25) is 0 Å². The van der Waals surface area contributed by atoms with Crippen LogP contribution in [0.4, 0.5) is 11.6 Å². The van der Waals surface area contributed by atoms with E-state index < -0.39 is 0 Å². The Kier molecular flexibility index (Phi) is 8.33. The first-order valence-electron chi connectivity index (χ1n) is 12.3. The number of ether oxygens (including phenoxy) is 1. The molecule has 7 nitrogen and oxygen atoms in total. The van der Waals surface area contributed by atoms with Gasteiger partial charge in [-0.15, -0.1) is 0 Å². The number of nitrogens with zero attached hydrogens (tertiary/aromatic N) is 3. The molecule has 1 aliphatic rings. The molecule has 0 aliphatic carbocycles. The molecule has 1 aromatic heterocycles. The van der Waals surface area contributed by atoms with Crippen LogP contribution >= 0.6 is 0 Å². The fourth-order valence-corrected chi connectivity index (χ4v) is 4.45. The molecule has 182 valence electrons. The van der Waals surface area contributed by atoms with Gasteiger partial charge >= 0.3 is 0 Å². The molecule has 1 amide bonds. The van der Waals surface area contributed by atoms with Crippen LogP contribution < -0.4 is 15.8 Å². The lowest BCUT2D eigenvalue weighted by atomic mass is 10.0. The van der Waals surface area contributed by atoms with Crippen molar-refractivity contribution in [2.45, 2.75) is 44.6 Å². The van der Waals surface area contributed by atoms with Crippen molar-refractivity contribution in [1.82, 2.24) is 14.9 Å². The van der Waals surface area contributed by atoms with E-state index in [1.165, 1.54) is 12.4 Å². The molecule has 7 heteroatoms. The lowest BCUT2D eigenvalue weighted by Crippen LogP contribution is -2.33. The highest BCUT2D eigenvalue weighted by atomic mass is 16.5. The van der Waals surface area contributed by atoms with E-state index in [0.29, 0.717) is 5.82 Å². The summed E-state index contributed by atoms with van der Waals surface area (Å²) < 4.78 is 5.92. The summed E-state index contributed by atoms with van der Waals surface area (Å²) in [5.74, 6) is 2.71. The number of hydrogen-bond donors (Lipinski definition) is 2. The summed E-state index contributed by atoms with van der Waals surface area (Å²) in [5.41, 5.74) is 8.03. The maximum absolute atomic E-state index is 12.1. The number of nitrogen functional groups attached to an aromatic ring is 1. The first-order chi connectivity index (χ1) is 17.1. The Morgan fingerprint density at radius 3 is 2.46 bits per heavy atom. The normalized spacial score (nSPS) is 16.8. The number of carbonyl (C=O) groups excluding carboxylic acids is 1. The highest BCUT2D eigenvalue weighted by molar-refractivity contribution is 5.87. The zero-order valence-corrected chi connectivity index (χ0v) is 20.0.